The van der Waals surface area contributed by atoms with E-state index < -0.39 is 18.2 Å². The number of amidine groups is 1. The molecule has 2 unspecified atom stereocenters. The summed E-state index contributed by atoms with van der Waals surface area (Å²) in [7, 11) is 0. The monoisotopic (exact) mass is 408 g/mol. The van der Waals surface area contributed by atoms with E-state index in [-0.39, 0.29) is 24.1 Å². The summed E-state index contributed by atoms with van der Waals surface area (Å²) in [5.41, 5.74) is 1.54. The average molecular weight is 408 g/mol. The molecule has 30 heavy (non-hydrogen) atoms. The normalized spacial score (nSPS) is 29.5. The molecule has 1 saturated heterocycles. The van der Waals surface area contributed by atoms with Gasteiger partial charge in [0.15, 0.2) is 6.17 Å². The number of pyridine rings is 1. The Morgan fingerprint density at radius 3 is 3.03 bits per heavy atom. The molecule has 156 valence electrons. The van der Waals surface area contributed by atoms with Crippen LogP contribution in [0.5, 0.6) is 0 Å². The molecule has 2 amide bonds. The highest BCUT2D eigenvalue weighted by atomic mass is 16.6. The van der Waals surface area contributed by atoms with Crippen LogP contribution in [0, 0.1) is 5.92 Å². The van der Waals surface area contributed by atoms with Crippen LogP contribution < -0.4 is 5.32 Å². The molecule has 5 rings (SSSR count). The summed E-state index contributed by atoms with van der Waals surface area (Å²) in [4.78, 5) is 36.5. The number of fused-ring (bicyclic) bond motifs is 4. The predicted molar refractivity (Wildman–Crippen MR) is 110 cm³/mol. The van der Waals surface area contributed by atoms with Crippen LogP contribution in [-0.2, 0) is 16.0 Å². The van der Waals surface area contributed by atoms with Gasteiger partial charge in [-0.2, -0.15) is 5.10 Å². The van der Waals surface area contributed by atoms with Gasteiger partial charge in [0.05, 0.1) is 0 Å². The lowest BCUT2D eigenvalue weighted by atomic mass is 9.93. The molecule has 0 radical (unpaired) electrons. The zero-order valence-corrected chi connectivity index (χ0v) is 17.0. The van der Waals surface area contributed by atoms with Gasteiger partial charge in [-0.25, -0.2) is 14.8 Å². The summed E-state index contributed by atoms with van der Waals surface area (Å²) in [6, 6.07) is 3.58. The summed E-state index contributed by atoms with van der Waals surface area (Å²) in [6.45, 7) is 4.30. The fourth-order valence-corrected chi connectivity index (χ4v) is 4.44. The first-order valence-electron chi connectivity index (χ1n) is 10.2. The molecule has 9 nitrogen and oxygen atoms in total. The van der Waals surface area contributed by atoms with Gasteiger partial charge < -0.3 is 10.1 Å². The second-order valence-electron chi connectivity index (χ2n) is 8.62. The molecule has 3 atom stereocenters. The van der Waals surface area contributed by atoms with Crippen LogP contribution in [0.2, 0.25) is 0 Å². The van der Waals surface area contributed by atoms with Gasteiger partial charge in [-0.05, 0) is 45.3 Å². The smallest absolute Gasteiger partial charge is 0.416 e. The zero-order valence-electron chi connectivity index (χ0n) is 17.0. The second kappa shape index (κ2) is 6.93. The fraction of sp³-hybridized carbons (Fsp3) is 0.476. The Labute approximate surface area is 174 Å². The first-order chi connectivity index (χ1) is 14.4. The number of aromatic nitrogens is 1. The van der Waals surface area contributed by atoms with Gasteiger partial charge in [0.1, 0.15) is 24.4 Å². The molecule has 0 aliphatic carbocycles. The van der Waals surface area contributed by atoms with Crippen molar-refractivity contribution in [1.82, 2.24) is 20.2 Å². The largest absolute Gasteiger partial charge is 0.447 e. The molecule has 4 aliphatic heterocycles. The molecule has 1 aromatic heterocycles. The molecule has 1 fully saturated rings. The third kappa shape index (κ3) is 3.14. The number of hydrogen-bond acceptors (Lipinski definition) is 7. The number of ether oxygens (including phenoxy) is 1. The van der Waals surface area contributed by atoms with Crippen LogP contribution >= 0.6 is 0 Å². The number of aliphatic imine (C=N–C) groups is 1. The van der Waals surface area contributed by atoms with E-state index in [1.54, 1.807) is 34.6 Å². The van der Waals surface area contributed by atoms with Crippen LogP contribution in [0.4, 0.5) is 4.79 Å². The standard InChI is InChI=1S/C21H24N6O3/c1-21(2)8-3-6-15-13(5-4-9-22-15)16-12-30-20(29)27(16)17-7-10-26-18(24-17)14(11-23-26)19(28)25-21/h4-5,7,9-11,14,16,18H,3,6,8,12H2,1-2H3,(H,25,28)/t14?,16-,18?/m1/s1. The lowest BCUT2D eigenvalue weighted by Crippen LogP contribution is -2.50. The number of carbonyl (C=O) groups is 2. The number of rotatable bonds is 0. The maximum absolute atomic E-state index is 13.0. The van der Waals surface area contributed by atoms with Crippen LogP contribution in [-0.4, -0.2) is 57.3 Å². The SMILES string of the molecule is CC1(C)CCCc2ncccc2[C@H]2COC(=O)N2C2=NC3C(C=NN3C=C2)C(=O)N1. The molecule has 0 aromatic carbocycles. The summed E-state index contributed by atoms with van der Waals surface area (Å²) >= 11 is 0. The maximum Gasteiger partial charge on any atom is 0.416 e. The molecule has 0 saturated carbocycles. The number of amides is 2. The van der Waals surface area contributed by atoms with Gasteiger partial charge in [-0.15, -0.1) is 0 Å². The number of hydrazone groups is 1. The Morgan fingerprint density at radius 1 is 1.30 bits per heavy atom. The molecule has 1 N–H and O–H groups in total. The molecule has 5 heterocycles. The highest BCUT2D eigenvalue weighted by Crippen LogP contribution is 2.33. The number of carbonyl (C=O) groups excluding carboxylic acids is 2. The summed E-state index contributed by atoms with van der Waals surface area (Å²) < 4.78 is 5.40. The van der Waals surface area contributed by atoms with Gasteiger partial charge in [-0.1, -0.05) is 6.07 Å². The third-order valence-electron chi connectivity index (χ3n) is 5.98. The minimum atomic E-state index is -0.529. The Hall–Kier alpha value is -3.23. The van der Waals surface area contributed by atoms with Gasteiger partial charge in [-0.3, -0.25) is 14.7 Å². The summed E-state index contributed by atoms with van der Waals surface area (Å²) in [5, 5.41) is 9.11. The minimum absolute atomic E-state index is 0.120. The van der Waals surface area contributed by atoms with E-state index in [0.29, 0.717) is 5.84 Å². The van der Waals surface area contributed by atoms with Crippen molar-refractivity contribution in [2.75, 3.05) is 6.61 Å². The molecule has 9 heteroatoms. The Morgan fingerprint density at radius 2 is 2.17 bits per heavy atom. The van der Waals surface area contributed by atoms with Crippen molar-refractivity contribution in [2.45, 2.75) is 50.9 Å². The predicted octanol–water partition coefficient (Wildman–Crippen LogP) is 1.98. The molecule has 1 aromatic rings. The van der Waals surface area contributed by atoms with E-state index in [0.717, 1.165) is 30.5 Å². The maximum atomic E-state index is 13.0. The lowest BCUT2D eigenvalue weighted by molar-refractivity contribution is -0.125. The topological polar surface area (TPSA) is 99.5 Å². The first kappa shape index (κ1) is 18.8. The molecular weight excluding hydrogens is 384 g/mol. The van der Waals surface area contributed by atoms with Crippen LogP contribution in [0.1, 0.15) is 44.0 Å². The molecule has 4 aliphatic rings. The molecule has 2 bridgehead atoms. The Balaban J connectivity index is 1.59. The lowest BCUT2D eigenvalue weighted by Gasteiger charge is -2.32. The van der Waals surface area contributed by atoms with Crippen molar-refractivity contribution in [3.05, 3.63) is 41.9 Å². The van der Waals surface area contributed by atoms with E-state index in [1.165, 1.54) is 0 Å². The number of cyclic esters (lactones) is 1. The quantitative estimate of drug-likeness (QED) is 0.708. The number of aryl methyl sites for hydroxylation is 1. The van der Waals surface area contributed by atoms with E-state index >= 15 is 0 Å². The highest BCUT2D eigenvalue weighted by Gasteiger charge is 2.43. The van der Waals surface area contributed by atoms with Gasteiger partial charge in [0.2, 0.25) is 5.91 Å². The summed E-state index contributed by atoms with van der Waals surface area (Å²) in [5.74, 6) is -0.179. The van der Waals surface area contributed by atoms with E-state index in [2.05, 4.69) is 15.4 Å². The van der Waals surface area contributed by atoms with Crippen molar-refractivity contribution >= 4 is 24.1 Å². The molecule has 0 spiro atoms. The van der Waals surface area contributed by atoms with Crippen molar-refractivity contribution in [3.8, 4) is 0 Å². The van der Waals surface area contributed by atoms with Crippen molar-refractivity contribution < 1.29 is 14.3 Å². The van der Waals surface area contributed by atoms with E-state index in [4.69, 9.17) is 9.73 Å². The first-order valence-corrected chi connectivity index (χ1v) is 10.2. The van der Waals surface area contributed by atoms with Crippen LogP contribution in [0.15, 0.2) is 40.7 Å². The number of hydrogen-bond donors (Lipinski definition) is 1. The zero-order chi connectivity index (χ0) is 20.9. The molecular formula is C21H24N6O3. The van der Waals surface area contributed by atoms with Gasteiger partial charge in [0.25, 0.3) is 0 Å². The second-order valence-corrected chi connectivity index (χ2v) is 8.62. The van der Waals surface area contributed by atoms with Gasteiger partial charge in [0, 0.05) is 35.4 Å². The average Bonchev–Trinajstić information content (AvgIpc) is 3.30. The Kier molecular flexibility index (Phi) is 4.34. The number of nitrogens with zero attached hydrogens (tertiary/aromatic N) is 5. The van der Waals surface area contributed by atoms with E-state index in [1.807, 2.05) is 26.0 Å². The van der Waals surface area contributed by atoms with Crippen molar-refractivity contribution in [3.63, 3.8) is 0 Å². The fourth-order valence-electron chi connectivity index (χ4n) is 4.44. The van der Waals surface area contributed by atoms with Gasteiger partial charge >= 0.3 is 6.09 Å². The van der Waals surface area contributed by atoms with Crippen molar-refractivity contribution in [2.24, 2.45) is 16.0 Å². The Bertz CT molecular complexity index is 985. The van der Waals surface area contributed by atoms with E-state index in [9.17, 15) is 9.59 Å². The minimum Gasteiger partial charge on any atom is -0.447 e. The highest BCUT2D eigenvalue weighted by molar-refractivity contribution is 6.05. The van der Waals surface area contributed by atoms with Crippen LogP contribution in [0.25, 0.3) is 0 Å². The third-order valence-corrected chi connectivity index (χ3v) is 5.98. The number of nitrogens with one attached hydrogen (secondary N) is 1. The van der Waals surface area contributed by atoms with Crippen molar-refractivity contribution in [1.29, 1.82) is 0 Å². The van der Waals surface area contributed by atoms with Crippen LogP contribution in [0.3, 0.4) is 0 Å². The summed E-state index contributed by atoms with van der Waals surface area (Å²) in [6.07, 6.45) is 8.31.